The number of alkyl halides is 1. The number of allylic oxidation sites excluding steroid dienone is 1. The molecule has 0 fully saturated rings. The molecule has 0 radical (unpaired) electrons. The second-order valence-corrected chi connectivity index (χ2v) is 6.29. The number of carboxylic acids is 1. The molecule has 1 atom stereocenters. The van der Waals surface area contributed by atoms with Gasteiger partial charge in [0.1, 0.15) is 4.91 Å². The Bertz CT molecular complexity index is 547. The fourth-order valence-corrected chi connectivity index (χ4v) is 3.88. The van der Waals surface area contributed by atoms with Gasteiger partial charge in [-0.15, -0.1) is 0 Å². The van der Waals surface area contributed by atoms with Crippen LogP contribution in [0.2, 0.25) is 0 Å². The summed E-state index contributed by atoms with van der Waals surface area (Å²) < 4.78 is 0.176. The number of rotatable bonds is 2. The van der Waals surface area contributed by atoms with Crippen molar-refractivity contribution >= 4 is 41.1 Å². The van der Waals surface area contributed by atoms with Gasteiger partial charge in [0.25, 0.3) is 0 Å². The Labute approximate surface area is 119 Å². The maximum Gasteiger partial charge on any atom is 0.344 e. The van der Waals surface area contributed by atoms with E-state index in [2.05, 4.69) is 0 Å². The predicted octanol–water partition coefficient (Wildman–Crippen LogP) is 3.86. The van der Waals surface area contributed by atoms with Gasteiger partial charge in [-0.1, -0.05) is 47.6 Å². The highest BCUT2D eigenvalue weighted by Crippen LogP contribution is 2.57. The molecule has 1 unspecified atom stereocenters. The summed E-state index contributed by atoms with van der Waals surface area (Å²) in [5, 5.41) is 9.13. The Balaban J connectivity index is 2.48. The smallest absolute Gasteiger partial charge is 0.344 e. The summed E-state index contributed by atoms with van der Waals surface area (Å²) in [6.45, 7) is 3.56. The average molecular weight is 304 g/mol. The highest BCUT2D eigenvalue weighted by molar-refractivity contribution is 8.06. The maximum absolute atomic E-state index is 11.1. The van der Waals surface area contributed by atoms with Gasteiger partial charge < -0.3 is 5.11 Å². The van der Waals surface area contributed by atoms with E-state index in [-0.39, 0.29) is 4.91 Å². The Morgan fingerprint density at radius 2 is 2.00 bits per heavy atom. The molecule has 0 amide bonds. The van der Waals surface area contributed by atoms with Gasteiger partial charge in [0.05, 0.1) is 5.70 Å². The van der Waals surface area contributed by atoms with Crippen molar-refractivity contribution in [2.24, 2.45) is 0 Å². The monoisotopic (exact) mass is 303 g/mol. The maximum atomic E-state index is 11.1. The van der Waals surface area contributed by atoms with Crippen LogP contribution in [0.1, 0.15) is 18.1 Å². The molecule has 1 N–H and O–H groups in total. The van der Waals surface area contributed by atoms with Crippen LogP contribution in [0.4, 0.5) is 0 Å². The third kappa shape index (κ3) is 1.98. The molecule has 6 heteroatoms. The minimum atomic E-state index is -1.11. The minimum absolute atomic E-state index is 0.170. The van der Waals surface area contributed by atoms with Crippen LogP contribution in [-0.4, -0.2) is 15.5 Å². The van der Waals surface area contributed by atoms with Crippen LogP contribution in [0.25, 0.3) is 0 Å². The number of aryl methyl sites for hydroxylation is 1. The zero-order valence-corrected chi connectivity index (χ0v) is 12.1. The molecule has 1 aliphatic rings. The lowest BCUT2D eigenvalue weighted by Crippen LogP contribution is -2.27. The fraction of sp³-hybridized carbons (Fsp3) is 0.250. The highest BCUT2D eigenvalue weighted by Gasteiger charge is 2.47. The van der Waals surface area contributed by atoms with E-state index < -0.39 is 10.3 Å². The number of carboxylic acid groups (broad SMARTS) is 1. The third-order valence-electron chi connectivity index (χ3n) is 2.78. The summed E-state index contributed by atoms with van der Waals surface area (Å²) in [5.74, 6) is -1.01. The van der Waals surface area contributed by atoms with E-state index in [1.54, 1.807) is 6.92 Å². The summed E-state index contributed by atoms with van der Waals surface area (Å²) in [6.07, 6.45) is 0. The summed E-state index contributed by atoms with van der Waals surface area (Å²) in [6, 6.07) is 7.52. The van der Waals surface area contributed by atoms with Crippen molar-refractivity contribution in [1.29, 1.82) is 0 Å². The number of benzene rings is 1. The summed E-state index contributed by atoms with van der Waals surface area (Å²) in [4.78, 5) is 11.3. The summed E-state index contributed by atoms with van der Waals surface area (Å²) in [7, 11) is 0. The van der Waals surface area contributed by atoms with Crippen LogP contribution in [0.5, 0.6) is 0 Å². The molecule has 18 heavy (non-hydrogen) atoms. The lowest BCUT2D eigenvalue weighted by atomic mass is 10.1. The third-order valence-corrected chi connectivity index (χ3v) is 5.43. The molecule has 1 aromatic carbocycles. The first kappa shape index (κ1) is 13.6. The molecule has 1 heterocycles. The molecule has 2 rings (SSSR count). The standard InChI is InChI=1S/C12H11Cl2NO2S/c1-7-5-3-4-6-9(7)12(13)15(14)8(2)10(18-12)11(16)17/h3-6H,1-2H3,(H,16,17). The van der Waals surface area contributed by atoms with Crippen LogP contribution >= 0.6 is 35.1 Å². The van der Waals surface area contributed by atoms with Crippen molar-refractivity contribution in [2.45, 2.75) is 18.2 Å². The van der Waals surface area contributed by atoms with Gasteiger partial charge in [-0.25, -0.2) is 4.79 Å². The first-order valence-electron chi connectivity index (χ1n) is 5.22. The number of halogens is 2. The molecule has 0 bridgehead atoms. The molecular formula is C12H11Cl2NO2S. The molecule has 0 spiro atoms. The Hall–Kier alpha value is -0.840. The normalized spacial score (nSPS) is 23.7. The highest BCUT2D eigenvalue weighted by atomic mass is 35.5. The second-order valence-electron chi connectivity index (χ2n) is 3.98. The van der Waals surface area contributed by atoms with E-state index >= 15 is 0 Å². The largest absolute Gasteiger partial charge is 0.477 e. The number of nitrogens with zero attached hydrogens (tertiary/aromatic N) is 1. The Morgan fingerprint density at radius 1 is 1.39 bits per heavy atom. The van der Waals surface area contributed by atoms with Crippen LogP contribution in [0.3, 0.4) is 0 Å². The number of aliphatic carboxylic acids is 1. The van der Waals surface area contributed by atoms with Crippen molar-refractivity contribution in [3.63, 3.8) is 0 Å². The number of hydrogen-bond acceptors (Lipinski definition) is 3. The first-order valence-corrected chi connectivity index (χ1v) is 6.75. The number of hydrogen-bond donors (Lipinski definition) is 1. The van der Waals surface area contributed by atoms with Crippen molar-refractivity contribution in [1.82, 2.24) is 4.42 Å². The predicted molar refractivity (Wildman–Crippen MR) is 74.3 cm³/mol. The van der Waals surface area contributed by atoms with E-state index in [0.717, 1.165) is 22.9 Å². The van der Waals surface area contributed by atoms with Gasteiger partial charge in [-0.05, 0) is 19.4 Å². The summed E-state index contributed by atoms with van der Waals surface area (Å²) in [5.41, 5.74) is 2.21. The van der Waals surface area contributed by atoms with E-state index in [9.17, 15) is 4.79 Å². The van der Waals surface area contributed by atoms with Gasteiger partial charge in [0.2, 0.25) is 4.33 Å². The average Bonchev–Trinajstić information content (AvgIpc) is 2.55. The van der Waals surface area contributed by atoms with E-state index in [1.165, 1.54) is 4.42 Å². The molecule has 0 saturated heterocycles. The van der Waals surface area contributed by atoms with Gasteiger partial charge in [0.15, 0.2) is 0 Å². The Kier molecular flexibility index (Phi) is 3.54. The quantitative estimate of drug-likeness (QED) is 0.511. The first-order chi connectivity index (χ1) is 8.38. The van der Waals surface area contributed by atoms with E-state index in [4.69, 9.17) is 28.5 Å². The van der Waals surface area contributed by atoms with Crippen molar-refractivity contribution in [3.05, 3.63) is 46.0 Å². The molecule has 0 saturated carbocycles. The van der Waals surface area contributed by atoms with Crippen LogP contribution in [0, 0.1) is 6.92 Å². The summed E-state index contributed by atoms with van der Waals surface area (Å²) >= 11 is 13.8. The van der Waals surface area contributed by atoms with Gasteiger partial charge in [0, 0.05) is 17.3 Å². The van der Waals surface area contributed by atoms with Crippen LogP contribution in [-0.2, 0) is 9.12 Å². The molecule has 1 aromatic rings. The Morgan fingerprint density at radius 3 is 2.50 bits per heavy atom. The van der Waals surface area contributed by atoms with Gasteiger partial charge in [-0.2, -0.15) is 0 Å². The SMILES string of the molecule is CC1=C(C(=O)O)SC(Cl)(c2ccccc2C)N1Cl. The lowest BCUT2D eigenvalue weighted by molar-refractivity contribution is -0.131. The van der Waals surface area contributed by atoms with Crippen molar-refractivity contribution in [2.75, 3.05) is 0 Å². The van der Waals surface area contributed by atoms with Crippen LogP contribution < -0.4 is 0 Å². The van der Waals surface area contributed by atoms with E-state index in [0.29, 0.717) is 5.70 Å². The van der Waals surface area contributed by atoms with E-state index in [1.807, 2.05) is 31.2 Å². The molecule has 3 nitrogen and oxygen atoms in total. The topological polar surface area (TPSA) is 40.5 Å². The zero-order valence-electron chi connectivity index (χ0n) is 9.78. The zero-order chi connectivity index (χ0) is 13.5. The van der Waals surface area contributed by atoms with Gasteiger partial charge >= 0.3 is 5.97 Å². The van der Waals surface area contributed by atoms with Crippen molar-refractivity contribution < 1.29 is 9.90 Å². The van der Waals surface area contributed by atoms with Crippen LogP contribution in [0.15, 0.2) is 34.9 Å². The number of thioether (sulfide) groups is 1. The number of carbonyl (C=O) groups is 1. The fourth-order valence-electron chi connectivity index (χ4n) is 1.83. The molecule has 0 aliphatic carbocycles. The molecule has 0 aromatic heterocycles. The minimum Gasteiger partial charge on any atom is -0.477 e. The van der Waals surface area contributed by atoms with Crippen molar-refractivity contribution in [3.8, 4) is 0 Å². The van der Waals surface area contributed by atoms with Gasteiger partial charge in [-0.3, -0.25) is 4.42 Å². The lowest BCUT2D eigenvalue weighted by Gasteiger charge is -2.30. The second kappa shape index (κ2) is 4.68. The molecular weight excluding hydrogens is 293 g/mol. The molecule has 96 valence electrons. The molecule has 1 aliphatic heterocycles.